The highest BCUT2D eigenvalue weighted by molar-refractivity contribution is 9.10. The largest absolute Gasteiger partial charge is 0.481 e. The second kappa shape index (κ2) is 9.99. The first-order valence-corrected chi connectivity index (χ1v) is 10.6. The monoisotopic (exact) mass is 476 g/mol. The fourth-order valence-corrected chi connectivity index (χ4v) is 3.79. The Morgan fingerprint density at radius 3 is 2.93 bits per heavy atom. The number of benzene rings is 1. The molecule has 160 valence electrons. The first-order valence-electron chi connectivity index (χ1n) is 9.76. The molecule has 1 fully saturated rings. The number of carboxylic acid groups (broad SMARTS) is 1. The van der Waals surface area contributed by atoms with Gasteiger partial charge in [-0.1, -0.05) is 22.0 Å². The molecule has 30 heavy (non-hydrogen) atoms. The molecule has 0 spiro atoms. The molecular formula is C21H25BrN4O4. The van der Waals surface area contributed by atoms with Crippen LogP contribution in [0.3, 0.4) is 0 Å². The molecule has 9 heteroatoms. The molecule has 0 saturated carbocycles. The average Bonchev–Trinajstić information content (AvgIpc) is 3.16. The number of anilines is 1. The Labute approximate surface area is 183 Å². The quantitative estimate of drug-likeness (QED) is 0.355. The SMILES string of the molecule is CN(C)/C=N/C(=O)c1cc(N2CCC[C@H]2COCCC(=O)O)nc2cc(Br)ccc12. The Morgan fingerprint density at radius 2 is 2.20 bits per heavy atom. The van der Waals surface area contributed by atoms with Gasteiger partial charge in [-0.15, -0.1) is 0 Å². The van der Waals surface area contributed by atoms with E-state index in [1.165, 1.54) is 6.34 Å². The molecule has 0 unspecified atom stereocenters. The summed E-state index contributed by atoms with van der Waals surface area (Å²) >= 11 is 3.47. The van der Waals surface area contributed by atoms with Crippen molar-refractivity contribution in [3.8, 4) is 0 Å². The highest BCUT2D eigenvalue weighted by Crippen LogP contribution is 2.30. The molecule has 1 atom stereocenters. The molecule has 2 aromatic rings. The van der Waals surface area contributed by atoms with Gasteiger partial charge in [-0.2, -0.15) is 4.99 Å². The maximum atomic E-state index is 12.8. The standard InChI is InChI=1S/C21H25BrN4O4/c1-25(2)13-23-21(29)17-11-19(24-18-10-14(22)5-6-16(17)18)26-8-3-4-15(26)12-30-9-7-20(27)28/h5-6,10-11,13,15H,3-4,7-9,12H2,1-2H3,(H,27,28)/b23-13+/t15-/m0/s1. The lowest BCUT2D eigenvalue weighted by Crippen LogP contribution is -2.34. The third kappa shape index (κ3) is 5.54. The van der Waals surface area contributed by atoms with Gasteiger partial charge in [0.25, 0.3) is 5.91 Å². The number of aliphatic imine (C=N–C) groups is 1. The summed E-state index contributed by atoms with van der Waals surface area (Å²) in [6.45, 7) is 1.41. The van der Waals surface area contributed by atoms with Crippen molar-refractivity contribution < 1.29 is 19.4 Å². The van der Waals surface area contributed by atoms with Crippen LogP contribution in [0.1, 0.15) is 29.6 Å². The first kappa shape index (κ1) is 22.2. The summed E-state index contributed by atoms with van der Waals surface area (Å²) in [5.74, 6) is -0.497. The van der Waals surface area contributed by atoms with Crippen LogP contribution in [0.5, 0.6) is 0 Å². The van der Waals surface area contributed by atoms with E-state index in [4.69, 9.17) is 14.8 Å². The number of hydrogen-bond donors (Lipinski definition) is 1. The number of halogens is 1. The summed E-state index contributed by atoms with van der Waals surface area (Å²) < 4.78 is 6.46. The van der Waals surface area contributed by atoms with Gasteiger partial charge >= 0.3 is 5.97 Å². The highest BCUT2D eigenvalue weighted by atomic mass is 79.9. The Bertz CT molecular complexity index is 963. The number of fused-ring (bicyclic) bond motifs is 1. The minimum atomic E-state index is -0.874. The summed E-state index contributed by atoms with van der Waals surface area (Å²) in [6, 6.07) is 7.51. The van der Waals surface area contributed by atoms with Crippen molar-refractivity contribution in [2.24, 2.45) is 4.99 Å². The molecule has 0 aliphatic carbocycles. The number of amides is 1. The van der Waals surface area contributed by atoms with Gasteiger partial charge < -0.3 is 19.6 Å². The fraction of sp³-hybridized carbons (Fsp3) is 0.429. The van der Waals surface area contributed by atoms with Crippen molar-refractivity contribution in [2.75, 3.05) is 38.8 Å². The van der Waals surface area contributed by atoms with E-state index in [0.717, 1.165) is 29.2 Å². The number of nitrogens with zero attached hydrogens (tertiary/aromatic N) is 4. The molecule has 0 bridgehead atoms. The van der Waals surface area contributed by atoms with Crippen LogP contribution < -0.4 is 4.90 Å². The molecule has 0 radical (unpaired) electrons. The molecule has 1 saturated heterocycles. The molecule has 1 aromatic heterocycles. The summed E-state index contributed by atoms with van der Waals surface area (Å²) in [4.78, 5) is 36.2. The van der Waals surface area contributed by atoms with Crippen LogP contribution in [0.4, 0.5) is 5.82 Å². The second-order valence-corrected chi connectivity index (χ2v) is 8.33. The molecule has 3 rings (SSSR count). The zero-order valence-corrected chi connectivity index (χ0v) is 18.6. The Kier molecular flexibility index (Phi) is 7.38. The van der Waals surface area contributed by atoms with Gasteiger partial charge in [0, 0.05) is 30.5 Å². The number of carbonyl (C=O) groups is 2. The Morgan fingerprint density at radius 1 is 1.40 bits per heavy atom. The number of aromatic nitrogens is 1. The summed E-state index contributed by atoms with van der Waals surface area (Å²) in [6.07, 6.45) is 3.38. The van der Waals surface area contributed by atoms with Crippen LogP contribution in [-0.4, -0.2) is 73.1 Å². The van der Waals surface area contributed by atoms with E-state index in [1.807, 2.05) is 32.3 Å². The van der Waals surface area contributed by atoms with E-state index in [-0.39, 0.29) is 25.0 Å². The normalized spacial score (nSPS) is 16.5. The lowest BCUT2D eigenvalue weighted by atomic mass is 10.1. The van der Waals surface area contributed by atoms with Gasteiger partial charge in [0.05, 0.1) is 43.1 Å². The average molecular weight is 477 g/mol. The number of carbonyl (C=O) groups excluding carboxylic acids is 1. The van der Waals surface area contributed by atoms with Crippen molar-refractivity contribution in [2.45, 2.75) is 25.3 Å². The zero-order valence-electron chi connectivity index (χ0n) is 17.0. The Hall–Kier alpha value is -2.52. The van der Waals surface area contributed by atoms with Gasteiger partial charge in [0.1, 0.15) is 5.82 Å². The van der Waals surface area contributed by atoms with Gasteiger partial charge in [0.15, 0.2) is 0 Å². The number of rotatable bonds is 8. The van der Waals surface area contributed by atoms with Crippen LogP contribution in [0.25, 0.3) is 10.9 Å². The van der Waals surface area contributed by atoms with Crippen LogP contribution in [-0.2, 0) is 9.53 Å². The van der Waals surface area contributed by atoms with Gasteiger partial charge in [-0.05, 0) is 31.0 Å². The summed E-state index contributed by atoms with van der Waals surface area (Å²) in [5.41, 5.74) is 1.21. The topological polar surface area (TPSA) is 95.3 Å². The van der Waals surface area contributed by atoms with Gasteiger partial charge in [0.2, 0.25) is 0 Å². The number of carboxylic acids is 1. The lowest BCUT2D eigenvalue weighted by molar-refractivity contribution is -0.138. The molecular weight excluding hydrogens is 452 g/mol. The number of hydrogen-bond acceptors (Lipinski definition) is 5. The highest BCUT2D eigenvalue weighted by Gasteiger charge is 2.27. The number of ether oxygens (including phenoxy) is 1. The number of pyridine rings is 1. The van der Waals surface area contributed by atoms with E-state index < -0.39 is 5.97 Å². The van der Waals surface area contributed by atoms with Crippen LogP contribution in [0.15, 0.2) is 33.7 Å². The van der Waals surface area contributed by atoms with E-state index in [1.54, 1.807) is 11.0 Å². The van der Waals surface area contributed by atoms with E-state index >= 15 is 0 Å². The van der Waals surface area contributed by atoms with Crippen LogP contribution >= 0.6 is 15.9 Å². The van der Waals surface area contributed by atoms with Crippen molar-refractivity contribution in [3.63, 3.8) is 0 Å². The third-order valence-corrected chi connectivity index (χ3v) is 5.33. The maximum absolute atomic E-state index is 12.8. The van der Waals surface area contributed by atoms with Crippen LogP contribution in [0.2, 0.25) is 0 Å². The van der Waals surface area contributed by atoms with Crippen molar-refractivity contribution >= 4 is 50.9 Å². The van der Waals surface area contributed by atoms with Gasteiger partial charge in [-0.3, -0.25) is 9.59 Å². The number of aliphatic carboxylic acids is 1. The molecule has 1 aliphatic heterocycles. The molecule has 2 heterocycles. The van der Waals surface area contributed by atoms with E-state index in [2.05, 4.69) is 25.8 Å². The van der Waals surface area contributed by atoms with Crippen molar-refractivity contribution in [1.29, 1.82) is 0 Å². The van der Waals surface area contributed by atoms with E-state index in [0.29, 0.717) is 23.5 Å². The fourth-order valence-electron chi connectivity index (χ4n) is 3.44. The molecule has 1 aromatic carbocycles. The molecule has 1 aliphatic rings. The molecule has 1 amide bonds. The maximum Gasteiger partial charge on any atom is 0.305 e. The molecule has 8 nitrogen and oxygen atoms in total. The zero-order chi connectivity index (χ0) is 21.7. The molecule has 1 N–H and O–H groups in total. The second-order valence-electron chi connectivity index (χ2n) is 7.41. The van der Waals surface area contributed by atoms with E-state index in [9.17, 15) is 9.59 Å². The minimum absolute atomic E-state index is 0.0164. The Balaban J connectivity index is 1.91. The predicted molar refractivity (Wildman–Crippen MR) is 119 cm³/mol. The first-order chi connectivity index (χ1) is 14.3. The summed E-state index contributed by atoms with van der Waals surface area (Å²) in [5, 5.41) is 9.51. The smallest absolute Gasteiger partial charge is 0.305 e. The summed E-state index contributed by atoms with van der Waals surface area (Å²) in [7, 11) is 3.62. The minimum Gasteiger partial charge on any atom is -0.481 e. The van der Waals surface area contributed by atoms with Crippen molar-refractivity contribution in [3.05, 3.63) is 34.3 Å². The third-order valence-electron chi connectivity index (χ3n) is 4.84. The van der Waals surface area contributed by atoms with Crippen LogP contribution in [0, 0.1) is 0 Å². The van der Waals surface area contributed by atoms with Gasteiger partial charge in [-0.25, -0.2) is 4.98 Å². The predicted octanol–water partition coefficient (Wildman–Crippen LogP) is 3.19. The van der Waals surface area contributed by atoms with Crippen molar-refractivity contribution in [1.82, 2.24) is 9.88 Å². The lowest BCUT2D eigenvalue weighted by Gasteiger charge is -2.26.